The quantitative estimate of drug-likeness (QED) is 0.582. The molecule has 1 aromatic rings. The van der Waals surface area contributed by atoms with Crippen LogP contribution in [0.25, 0.3) is 0 Å². The molecule has 1 aliphatic carbocycles. The Labute approximate surface area is 109 Å². The Morgan fingerprint density at radius 1 is 1.32 bits per heavy atom. The van der Waals surface area contributed by atoms with Crippen molar-refractivity contribution < 1.29 is 23.9 Å². The molecule has 1 fully saturated rings. The van der Waals surface area contributed by atoms with E-state index in [9.17, 15) is 14.4 Å². The van der Waals surface area contributed by atoms with E-state index < -0.39 is 5.97 Å². The highest BCUT2D eigenvalue weighted by Crippen LogP contribution is 2.30. The van der Waals surface area contributed by atoms with E-state index in [2.05, 4.69) is 9.72 Å². The summed E-state index contributed by atoms with van der Waals surface area (Å²) in [6.45, 7) is -0.297. The van der Waals surface area contributed by atoms with Gasteiger partial charge >= 0.3 is 11.9 Å². The third-order valence-electron chi connectivity index (χ3n) is 2.74. The van der Waals surface area contributed by atoms with Gasteiger partial charge in [-0.3, -0.25) is 9.59 Å². The van der Waals surface area contributed by atoms with E-state index in [1.54, 1.807) is 0 Å². The van der Waals surface area contributed by atoms with Gasteiger partial charge in [0.15, 0.2) is 6.61 Å². The van der Waals surface area contributed by atoms with E-state index in [1.165, 1.54) is 25.4 Å². The van der Waals surface area contributed by atoms with E-state index in [-0.39, 0.29) is 35.5 Å². The molecule has 1 aromatic heterocycles. The SMILES string of the molecule is COC(=O)c1ccc(C(=O)COC(=O)C2CC2)cn1. The molecule has 0 saturated heterocycles. The largest absolute Gasteiger partial charge is 0.464 e. The number of hydrogen-bond donors (Lipinski definition) is 0. The van der Waals surface area contributed by atoms with E-state index in [0.717, 1.165) is 12.8 Å². The van der Waals surface area contributed by atoms with Gasteiger partial charge in [0.2, 0.25) is 5.78 Å². The van der Waals surface area contributed by atoms with E-state index in [1.807, 2.05) is 0 Å². The second kappa shape index (κ2) is 5.60. The maximum absolute atomic E-state index is 11.7. The zero-order chi connectivity index (χ0) is 13.8. The molecule has 6 heteroatoms. The zero-order valence-electron chi connectivity index (χ0n) is 10.4. The molecule has 0 spiro atoms. The third-order valence-corrected chi connectivity index (χ3v) is 2.74. The van der Waals surface area contributed by atoms with Crippen LogP contribution in [0, 0.1) is 5.92 Å². The van der Waals surface area contributed by atoms with Crippen molar-refractivity contribution in [1.82, 2.24) is 4.98 Å². The second-order valence-corrected chi connectivity index (χ2v) is 4.23. The van der Waals surface area contributed by atoms with Crippen molar-refractivity contribution in [2.24, 2.45) is 5.92 Å². The summed E-state index contributed by atoms with van der Waals surface area (Å²) >= 11 is 0. The van der Waals surface area contributed by atoms with Crippen molar-refractivity contribution in [3.63, 3.8) is 0 Å². The van der Waals surface area contributed by atoms with Crippen LogP contribution in [0.2, 0.25) is 0 Å². The van der Waals surface area contributed by atoms with Crippen LogP contribution in [-0.4, -0.2) is 36.4 Å². The lowest BCUT2D eigenvalue weighted by Crippen LogP contribution is -2.15. The number of ketones is 1. The lowest BCUT2D eigenvalue weighted by atomic mass is 10.2. The van der Waals surface area contributed by atoms with Gasteiger partial charge in [-0.25, -0.2) is 9.78 Å². The van der Waals surface area contributed by atoms with Gasteiger partial charge in [0.1, 0.15) is 5.69 Å². The number of nitrogens with zero attached hydrogens (tertiary/aromatic N) is 1. The molecular weight excluding hydrogens is 250 g/mol. The molecule has 19 heavy (non-hydrogen) atoms. The normalized spacial score (nSPS) is 13.7. The Kier molecular flexibility index (Phi) is 3.89. The van der Waals surface area contributed by atoms with Gasteiger partial charge in [-0.15, -0.1) is 0 Å². The molecule has 1 saturated carbocycles. The number of aromatic nitrogens is 1. The number of rotatable bonds is 5. The number of carbonyl (C=O) groups excluding carboxylic acids is 3. The molecule has 1 aliphatic rings. The van der Waals surface area contributed by atoms with Crippen molar-refractivity contribution in [3.05, 3.63) is 29.6 Å². The van der Waals surface area contributed by atoms with Crippen molar-refractivity contribution in [2.75, 3.05) is 13.7 Å². The number of methoxy groups -OCH3 is 1. The molecule has 0 N–H and O–H groups in total. The molecule has 6 nitrogen and oxygen atoms in total. The standard InChI is InChI=1S/C13H13NO5/c1-18-13(17)10-5-4-9(6-14-10)11(15)7-19-12(16)8-2-3-8/h4-6,8H,2-3,7H2,1H3. The number of pyridine rings is 1. The summed E-state index contributed by atoms with van der Waals surface area (Å²) in [5.74, 6) is -1.28. The number of carbonyl (C=O) groups is 3. The van der Waals surface area contributed by atoms with E-state index in [0.29, 0.717) is 0 Å². The third kappa shape index (κ3) is 3.37. The summed E-state index contributed by atoms with van der Waals surface area (Å²) in [6.07, 6.45) is 2.93. The Balaban J connectivity index is 1.91. The van der Waals surface area contributed by atoms with Gasteiger partial charge in [-0.1, -0.05) is 0 Å². The summed E-state index contributed by atoms with van der Waals surface area (Å²) in [7, 11) is 1.25. The number of hydrogen-bond acceptors (Lipinski definition) is 6. The van der Waals surface area contributed by atoms with Gasteiger partial charge in [-0.05, 0) is 25.0 Å². The van der Waals surface area contributed by atoms with Crippen molar-refractivity contribution in [1.29, 1.82) is 0 Å². The molecule has 100 valence electrons. The fourth-order valence-corrected chi connectivity index (χ4v) is 1.44. The lowest BCUT2D eigenvalue weighted by molar-refractivity contribution is -0.144. The van der Waals surface area contributed by atoms with Gasteiger partial charge in [0.25, 0.3) is 0 Å². The maximum Gasteiger partial charge on any atom is 0.356 e. The van der Waals surface area contributed by atoms with Gasteiger partial charge in [0.05, 0.1) is 13.0 Å². The minimum atomic E-state index is -0.570. The van der Waals surface area contributed by atoms with Gasteiger partial charge in [0, 0.05) is 11.8 Å². The van der Waals surface area contributed by atoms with Crippen LogP contribution in [-0.2, 0) is 14.3 Å². The topological polar surface area (TPSA) is 82.6 Å². The van der Waals surface area contributed by atoms with Crippen molar-refractivity contribution in [2.45, 2.75) is 12.8 Å². The number of Topliss-reactive ketones (excluding diaryl/α,β-unsaturated/α-hetero) is 1. The average Bonchev–Trinajstić information content (AvgIpc) is 3.28. The predicted octanol–water partition coefficient (Wildman–Crippen LogP) is 1.00. The molecule has 0 radical (unpaired) electrons. The van der Waals surface area contributed by atoms with Gasteiger partial charge < -0.3 is 9.47 Å². The summed E-state index contributed by atoms with van der Waals surface area (Å²) in [4.78, 5) is 37.9. The second-order valence-electron chi connectivity index (χ2n) is 4.23. The highest BCUT2D eigenvalue weighted by Gasteiger charge is 2.31. The van der Waals surface area contributed by atoms with E-state index >= 15 is 0 Å². The first-order chi connectivity index (χ1) is 9.11. The van der Waals surface area contributed by atoms with Crippen LogP contribution in [0.15, 0.2) is 18.3 Å². The molecule has 0 amide bonds. The van der Waals surface area contributed by atoms with Crippen LogP contribution in [0.4, 0.5) is 0 Å². The summed E-state index contributed by atoms with van der Waals surface area (Å²) < 4.78 is 9.37. The Hall–Kier alpha value is -2.24. The fourth-order valence-electron chi connectivity index (χ4n) is 1.44. The van der Waals surface area contributed by atoms with Crippen LogP contribution < -0.4 is 0 Å². The van der Waals surface area contributed by atoms with Crippen LogP contribution >= 0.6 is 0 Å². The van der Waals surface area contributed by atoms with E-state index in [4.69, 9.17) is 4.74 Å². The van der Waals surface area contributed by atoms with Crippen LogP contribution in [0.5, 0.6) is 0 Å². The Bertz CT molecular complexity index is 504. The summed E-state index contributed by atoms with van der Waals surface area (Å²) in [5, 5.41) is 0. The van der Waals surface area contributed by atoms with Crippen LogP contribution in [0.3, 0.4) is 0 Å². The summed E-state index contributed by atoms with van der Waals surface area (Å²) in [6, 6.07) is 2.84. The highest BCUT2D eigenvalue weighted by molar-refractivity contribution is 5.98. The zero-order valence-corrected chi connectivity index (χ0v) is 10.4. The number of ether oxygens (including phenoxy) is 2. The fraction of sp³-hybridized carbons (Fsp3) is 0.385. The van der Waals surface area contributed by atoms with Crippen molar-refractivity contribution in [3.8, 4) is 0 Å². The average molecular weight is 263 g/mol. The lowest BCUT2D eigenvalue weighted by Gasteiger charge is -2.03. The van der Waals surface area contributed by atoms with Gasteiger partial charge in [-0.2, -0.15) is 0 Å². The Morgan fingerprint density at radius 2 is 2.05 bits per heavy atom. The van der Waals surface area contributed by atoms with Crippen molar-refractivity contribution >= 4 is 17.7 Å². The maximum atomic E-state index is 11.7. The molecule has 0 unspecified atom stereocenters. The van der Waals surface area contributed by atoms with Crippen LogP contribution in [0.1, 0.15) is 33.7 Å². The molecule has 1 heterocycles. The smallest absolute Gasteiger partial charge is 0.356 e. The molecule has 0 bridgehead atoms. The molecule has 2 rings (SSSR count). The number of esters is 2. The Morgan fingerprint density at radius 3 is 2.58 bits per heavy atom. The molecule has 0 aliphatic heterocycles. The molecule has 0 aromatic carbocycles. The first-order valence-electron chi connectivity index (χ1n) is 5.86. The predicted molar refractivity (Wildman–Crippen MR) is 63.6 cm³/mol. The highest BCUT2D eigenvalue weighted by atomic mass is 16.5. The first kappa shape index (κ1) is 13.2. The molecular formula is C13H13NO5. The molecule has 0 atom stereocenters. The minimum absolute atomic E-state index is 0.0346. The first-order valence-corrected chi connectivity index (χ1v) is 5.86. The minimum Gasteiger partial charge on any atom is -0.464 e. The summed E-state index contributed by atoms with van der Waals surface area (Å²) in [5.41, 5.74) is 0.408. The monoisotopic (exact) mass is 263 g/mol.